The average Bonchev–Trinajstić information content (AvgIpc) is 2.51. The molecule has 1 heterocycles. The van der Waals surface area contributed by atoms with Crippen LogP contribution in [0.3, 0.4) is 0 Å². The minimum absolute atomic E-state index is 0. The minimum Gasteiger partial charge on any atom is -0.480 e. The first kappa shape index (κ1) is 22.1. The third-order valence-electron chi connectivity index (χ3n) is 4.69. The largest absolute Gasteiger partial charge is 0.480 e. The molecule has 6 nitrogen and oxygen atoms in total. The van der Waals surface area contributed by atoms with Crippen LogP contribution in [0.5, 0.6) is 0 Å². The van der Waals surface area contributed by atoms with Crippen LogP contribution in [0, 0.1) is 0 Å². The van der Waals surface area contributed by atoms with Crippen LogP contribution in [0.4, 0.5) is 0 Å². The monoisotopic (exact) mass is 349 g/mol. The Hall–Kier alpha value is -0.850. The van der Waals surface area contributed by atoms with Gasteiger partial charge in [0.25, 0.3) is 0 Å². The Bertz CT molecular complexity index is 374. The summed E-state index contributed by atoms with van der Waals surface area (Å²) in [5.41, 5.74) is 0. The molecule has 0 bridgehead atoms. The van der Waals surface area contributed by atoms with Crippen LogP contribution in [0.1, 0.15) is 47.0 Å². The number of carbonyl (C=O) groups is 2. The number of halogens is 1. The number of likely N-dealkylation sites (N-methyl/N-ethyl adjacent to an activating group) is 1. The van der Waals surface area contributed by atoms with Crippen LogP contribution >= 0.6 is 12.4 Å². The molecule has 0 aromatic heterocycles. The molecule has 1 saturated heterocycles. The molecule has 1 aliphatic rings. The fourth-order valence-electron chi connectivity index (χ4n) is 2.94. The fraction of sp³-hybridized carbons (Fsp3) is 0.875. The Morgan fingerprint density at radius 1 is 1.26 bits per heavy atom. The lowest BCUT2D eigenvalue weighted by molar-refractivity contribution is -0.139. The van der Waals surface area contributed by atoms with Crippen molar-refractivity contribution in [1.29, 1.82) is 0 Å². The molecule has 2 atom stereocenters. The van der Waals surface area contributed by atoms with E-state index in [0.717, 1.165) is 38.9 Å². The summed E-state index contributed by atoms with van der Waals surface area (Å²) < 4.78 is 0. The molecule has 2 unspecified atom stereocenters. The maximum atomic E-state index is 12.2. The summed E-state index contributed by atoms with van der Waals surface area (Å²) in [4.78, 5) is 27.3. The van der Waals surface area contributed by atoms with Crippen LogP contribution < -0.4 is 5.32 Å². The van der Waals surface area contributed by atoms with Crippen molar-refractivity contribution >= 4 is 24.3 Å². The minimum atomic E-state index is -0.773. The second-order valence-electron chi connectivity index (χ2n) is 6.22. The highest BCUT2D eigenvalue weighted by atomic mass is 35.5. The summed E-state index contributed by atoms with van der Waals surface area (Å²) in [5.74, 6) is -0.684. The SMILES string of the molecule is CCC(C)NC(=O)C(C)N1CCC(N(CC)CC(=O)O)CC1.Cl. The first-order valence-corrected chi connectivity index (χ1v) is 8.39. The number of aliphatic carboxylic acids is 1. The standard InChI is InChI=1S/C16H31N3O3.ClH/c1-5-12(3)17-16(22)13(4)19-9-7-14(8-10-19)18(6-2)11-15(20)21;/h12-14H,5-11H2,1-4H3,(H,17,22)(H,20,21);1H. The van der Waals surface area contributed by atoms with Crippen molar-refractivity contribution in [2.24, 2.45) is 0 Å². The number of nitrogens with zero attached hydrogens (tertiary/aromatic N) is 2. The number of piperidine rings is 1. The number of hydrogen-bond acceptors (Lipinski definition) is 4. The van der Waals surface area contributed by atoms with E-state index < -0.39 is 5.97 Å². The molecule has 0 spiro atoms. The van der Waals surface area contributed by atoms with Crippen LogP contribution in [-0.4, -0.2) is 71.1 Å². The fourth-order valence-corrected chi connectivity index (χ4v) is 2.94. The molecule has 7 heteroatoms. The highest BCUT2D eigenvalue weighted by Gasteiger charge is 2.29. The summed E-state index contributed by atoms with van der Waals surface area (Å²) in [6, 6.07) is 0.394. The zero-order valence-electron chi connectivity index (χ0n) is 14.7. The smallest absolute Gasteiger partial charge is 0.317 e. The molecule has 23 heavy (non-hydrogen) atoms. The quantitative estimate of drug-likeness (QED) is 0.696. The maximum Gasteiger partial charge on any atom is 0.317 e. The number of carbonyl (C=O) groups excluding carboxylic acids is 1. The molecule has 0 aliphatic carbocycles. The van der Waals surface area contributed by atoms with Gasteiger partial charge in [-0.25, -0.2) is 0 Å². The van der Waals surface area contributed by atoms with E-state index in [1.165, 1.54) is 0 Å². The van der Waals surface area contributed by atoms with Gasteiger partial charge in [-0.1, -0.05) is 13.8 Å². The normalized spacial score (nSPS) is 19.0. The van der Waals surface area contributed by atoms with Crippen molar-refractivity contribution in [2.45, 2.75) is 65.1 Å². The summed E-state index contributed by atoms with van der Waals surface area (Å²) >= 11 is 0. The van der Waals surface area contributed by atoms with Gasteiger partial charge >= 0.3 is 5.97 Å². The Morgan fingerprint density at radius 3 is 2.26 bits per heavy atom. The molecule has 0 aromatic rings. The van der Waals surface area contributed by atoms with E-state index in [0.29, 0.717) is 6.04 Å². The van der Waals surface area contributed by atoms with Crippen molar-refractivity contribution in [3.05, 3.63) is 0 Å². The molecule has 1 amide bonds. The van der Waals surface area contributed by atoms with E-state index in [1.54, 1.807) is 0 Å². The zero-order valence-corrected chi connectivity index (χ0v) is 15.6. The Morgan fingerprint density at radius 2 is 1.83 bits per heavy atom. The lowest BCUT2D eigenvalue weighted by atomic mass is 10.0. The van der Waals surface area contributed by atoms with E-state index in [9.17, 15) is 9.59 Å². The van der Waals surface area contributed by atoms with E-state index in [-0.39, 0.29) is 36.9 Å². The Kier molecular flexibility index (Phi) is 10.4. The van der Waals surface area contributed by atoms with Gasteiger partial charge in [-0.15, -0.1) is 12.4 Å². The van der Waals surface area contributed by atoms with Gasteiger partial charge in [0.1, 0.15) is 0 Å². The second kappa shape index (κ2) is 10.8. The number of rotatable bonds is 8. The Labute approximate surface area is 146 Å². The first-order valence-electron chi connectivity index (χ1n) is 8.39. The third-order valence-corrected chi connectivity index (χ3v) is 4.69. The van der Waals surface area contributed by atoms with Crippen LogP contribution in [-0.2, 0) is 9.59 Å². The molecule has 0 saturated carbocycles. The van der Waals surface area contributed by atoms with Crippen molar-refractivity contribution in [2.75, 3.05) is 26.2 Å². The van der Waals surface area contributed by atoms with Crippen molar-refractivity contribution in [3.8, 4) is 0 Å². The number of amides is 1. The lowest BCUT2D eigenvalue weighted by Gasteiger charge is -2.39. The third kappa shape index (κ3) is 7.06. The van der Waals surface area contributed by atoms with Crippen molar-refractivity contribution in [3.63, 3.8) is 0 Å². The zero-order chi connectivity index (χ0) is 16.7. The van der Waals surface area contributed by atoms with Gasteiger partial charge in [0, 0.05) is 25.2 Å². The Balaban J connectivity index is 0.00000484. The van der Waals surface area contributed by atoms with Gasteiger partial charge in [0.15, 0.2) is 0 Å². The van der Waals surface area contributed by atoms with Gasteiger partial charge in [0.2, 0.25) is 5.91 Å². The number of carboxylic acid groups (broad SMARTS) is 1. The van der Waals surface area contributed by atoms with Gasteiger partial charge in [-0.05, 0) is 39.7 Å². The molecule has 1 aliphatic heterocycles. The summed E-state index contributed by atoms with van der Waals surface area (Å²) in [6.45, 7) is 10.6. The summed E-state index contributed by atoms with van der Waals surface area (Å²) in [6.07, 6.45) is 2.77. The van der Waals surface area contributed by atoms with E-state index in [1.807, 2.05) is 25.7 Å². The summed E-state index contributed by atoms with van der Waals surface area (Å²) in [7, 11) is 0. The molecule has 1 rings (SSSR count). The van der Waals surface area contributed by atoms with Crippen LogP contribution in [0.15, 0.2) is 0 Å². The highest BCUT2D eigenvalue weighted by molar-refractivity contribution is 5.85. The molecule has 0 radical (unpaired) electrons. The van der Waals surface area contributed by atoms with E-state index in [4.69, 9.17) is 5.11 Å². The molecule has 2 N–H and O–H groups in total. The van der Waals surface area contributed by atoms with Gasteiger partial charge in [-0.2, -0.15) is 0 Å². The van der Waals surface area contributed by atoms with Gasteiger partial charge in [-0.3, -0.25) is 19.4 Å². The number of carboxylic acids is 1. The van der Waals surface area contributed by atoms with E-state index >= 15 is 0 Å². The molecular weight excluding hydrogens is 318 g/mol. The predicted molar refractivity (Wildman–Crippen MR) is 94.1 cm³/mol. The van der Waals surface area contributed by atoms with Gasteiger partial charge < -0.3 is 10.4 Å². The molecule has 136 valence electrons. The lowest BCUT2D eigenvalue weighted by Crippen LogP contribution is -2.53. The molecular formula is C16H32ClN3O3. The topological polar surface area (TPSA) is 72.9 Å². The van der Waals surface area contributed by atoms with Gasteiger partial charge in [0.05, 0.1) is 12.6 Å². The van der Waals surface area contributed by atoms with E-state index in [2.05, 4.69) is 17.1 Å². The maximum absolute atomic E-state index is 12.2. The van der Waals surface area contributed by atoms with Crippen molar-refractivity contribution < 1.29 is 14.7 Å². The summed E-state index contributed by atoms with van der Waals surface area (Å²) in [5, 5.41) is 12.0. The second-order valence-corrected chi connectivity index (χ2v) is 6.22. The molecule has 0 aromatic carbocycles. The highest BCUT2D eigenvalue weighted by Crippen LogP contribution is 2.18. The number of likely N-dealkylation sites (tertiary alicyclic amines) is 1. The van der Waals surface area contributed by atoms with Crippen LogP contribution in [0.25, 0.3) is 0 Å². The number of nitrogens with one attached hydrogen (secondary N) is 1. The number of hydrogen-bond donors (Lipinski definition) is 2. The molecule has 1 fully saturated rings. The van der Waals surface area contributed by atoms with Crippen molar-refractivity contribution in [1.82, 2.24) is 15.1 Å². The first-order chi connectivity index (χ1) is 10.4. The predicted octanol–water partition coefficient (Wildman–Crippen LogP) is 1.58. The average molecular weight is 350 g/mol. The van der Waals surface area contributed by atoms with Crippen LogP contribution in [0.2, 0.25) is 0 Å².